The van der Waals surface area contributed by atoms with Crippen molar-refractivity contribution in [1.82, 2.24) is 10.3 Å². The van der Waals surface area contributed by atoms with Crippen LogP contribution in [-0.4, -0.2) is 10.9 Å². The first kappa shape index (κ1) is 18.5. The van der Waals surface area contributed by atoms with Crippen molar-refractivity contribution in [3.63, 3.8) is 0 Å². The van der Waals surface area contributed by atoms with Gasteiger partial charge in [-0.3, -0.25) is 4.79 Å². The Hall–Kier alpha value is -2.26. The SMILES string of the molecule is CC(C)C[C@@H](CC(=O)NCc1ccccc1)c1c[nH]c2ccc(Cl)cc12. The van der Waals surface area contributed by atoms with Crippen molar-refractivity contribution in [3.05, 3.63) is 70.9 Å². The topological polar surface area (TPSA) is 44.9 Å². The van der Waals surface area contributed by atoms with Crippen LogP contribution >= 0.6 is 11.6 Å². The minimum absolute atomic E-state index is 0.0795. The molecule has 0 fully saturated rings. The molecule has 0 spiro atoms. The largest absolute Gasteiger partial charge is 0.361 e. The molecule has 136 valence electrons. The summed E-state index contributed by atoms with van der Waals surface area (Å²) in [5, 5.41) is 4.88. The van der Waals surface area contributed by atoms with Gasteiger partial charge in [-0.15, -0.1) is 0 Å². The molecule has 0 unspecified atom stereocenters. The lowest BCUT2D eigenvalue weighted by molar-refractivity contribution is -0.121. The molecule has 2 aromatic carbocycles. The van der Waals surface area contributed by atoms with Crippen LogP contribution in [0.3, 0.4) is 0 Å². The number of carbonyl (C=O) groups excluding carboxylic acids is 1. The number of hydrogen-bond acceptors (Lipinski definition) is 1. The number of benzene rings is 2. The zero-order valence-electron chi connectivity index (χ0n) is 15.3. The van der Waals surface area contributed by atoms with Crippen molar-refractivity contribution in [2.24, 2.45) is 5.92 Å². The van der Waals surface area contributed by atoms with Gasteiger partial charge in [0.25, 0.3) is 0 Å². The third kappa shape index (κ3) is 4.67. The molecule has 1 atom stereocenters. The first-order valence-electron chi connectivity index (χ1n) is 9.10. The van der Waals surface area contributed by atoms with Crippen LogP contribution < -0.4 is 5.32 Å². The number of aromatic amines is 1. The highest BCUT2D eigenvalue weighted by molar-refractivity contribution is 6.31. The Bertz CT molecular complexity index is 870. The maximum atomic E-state index is 12.6. The van der Waals surface area contributed by atoms with Gasteiger partial charge in [-0.05, 0) is 47.6 Å². The van der Waals surface area contributed by atoms with Crippen molar-refractivity contribution in [2.45, 2.75) is 39.2 Å². The molecule has 4 heteroatoms. The molecule has 3 nitrogen and oxygen atoms in total. The van der Waals surface area contributed by atoms with Crippen LogP contribution in [-0.2, 0) is 11.3 Å². The molecule has 2 N–H and O–H groups in total. The molecule has 26 heavy (non-hydrogen) atoms. The van der Waals surface area contributed by atoms with Crippen LogP contribution in [0.15, 0.2) is 54.7 Å². The monoisotopic (exact) mass is 368 g/mol. The average Bonchev–Trinajstić information content (AvgIpc) is 3.03. The van der Waals surface area contributed by atoms with Gasteiger partial charge in [0.05, 0.1) is 0 Å². The van der Waals surface area contributed by atoms with Crippen molar-refractivity contribution in [1.29, 1.82) is 0 Å². The van der Waals surface area contributed by atoms with Crippen molar-refractivity contribution < 1.29 is 4.79 Å². The molecule has 0 saturated carbocycles. The molecule has 0 saturated heterocycles. The predicted octanol–water partition coefficient (Wildman–Crippen LogP) is 5.66. The molecule has 0 aliphatic heterocycles. The minimum atomic E-state index is 0.0795. The number of halogens is 1. The van der Waals surface area contributed by atoms with Crippen molar-refractivity contribution >= 4 is 28.4 Å². The van der Waals surface area contributed by atoms with Gasteiger partial charge in [-0.2, -0.15) is 0 Å². The Labute approximate surface area is 159 Å². The summed E-state index contributed by atoms with van der Waals surface area (Å²) in [6.07, 6.45) is 3.46. The summed E-state index contributed by atoms with van der Waals surface area (Å²) in [6, 6.07) is 15.8. The second kappa shape index (κ2) is 8.41. The van der Waals surface area contributed by atoms with E-state index in [0.717, 1.165) is 27.9 Å². The maximum absolute atomic E-state index is 12.6. The number of aromatic nitrogens is 1. The van der Waals surface area contributed by atoms with Gasteiger partial charge in [0.2, 0.25) is 5.91 Å². The number of hydrogen-bond donors (Lipinski definition) is 2. The van der Waals surface area contributed by atoms with Gasteiger partial charge in [-0.25, -0.2) is 0 Å². The number of nitrogens with one attached hydrogen (secondary N) is 2. The van der Waals surface area contributed by atoms with Gasteiger partial charge in [-0.1, -0.05) is 55.8 Å². The van der Waals surface area contributed by atoms with Crippen LogP contribution in [0.5, 0.6) is 0 Å². The molecule has 0 radical (unpaired) electrons. The zero-order valence-corrected chi connectivity index (χ0v) is 16.0. The first-order chi connectivity index (χ1) is 12.5. The van der Waals surface area contributed by atoms with E-state index < -0.39 is 0 Å². The van der Waals surface area contributed by atoms with E-state index in [9.17, 15) is 4.79 Å². The number of amides is 1. The number of H-pyrrole nitrogens is 1. The van der Waals surface area contributed by atoms with Crippen LogP contribution in [0.25, 0.3) is 10.9 Å². The molecule has 1 aromatic heterocycles. The molecular weight excluding hydrogens is 344 g/mol. The summed E-state index contributed by atoms with van der Waals surface area (Å²) < 4.78 is 0. The third-order valence-electron chi connectivity index (χ3n) is 4.64. The molecular formula is C22H25ClN2O. The molecule has 3 aromatic rings. The minimum Gasteiger partial charge on any atom is -0.361 e. The Kier molecular flexibility index (Phi) is 6.00. The summed E-state index contributed by atoms with van der Waals surface area (Å²) in [4.78, 5) is 15.9. The lowest BCUT2D eigenvalue weighted by Gasteiger charge is -2.19. The second-order valence-corrected chi connectivity index (χ2v) is 7.66. The van der Waals surface area contributed by atoms with Crippen LogP contribution in [0.4, 0.5) is 0 Å². The van der Waals surface area contributed by atoms with E-state index in [-0.39, 0.29) is 11.8 Å². The summed E-state index contributed by atoms with van der Waals surface area (Å²) in [5.41, 5.74) is 3.34. The zero-order chi connectivity index (χ0) is 18.5. The number of fused-ring (bicyclic) bond motifs is 1. The van der Waals surface area contributed by atoms with E-state index >= 15 is 0 Å². The van der Waals surface area contributed by atoms with Gasteiger partial charge in [0.15, 0.2) is 0 Å². The molecule has 0 aliphatic rings. The highest BCUT2D eigenvalue weighted by atomic mass is 35.5. The highest BCUT2D eigenvalue weighted by Crippen LogP contribution is 2.33. The lowest BCUT2D eigenvalue weighted by atomic mass is 9.87. The van der Waals surface area contributed by atoms with Gasteiger partial charge >= 0.3 is 0 Å². The summed E-state index contributed by atoms with van der Waals surface area (Å²) in [5.74, 6) is 0.750. The van der Waals surface area contributed by atoms with E-state index in [1.165, 1.54) is 5.56 Å². The third-order valence-corrected chi connectivity index (χ3v) is 4.87. The Morgan fingerprint density at radius 3 is 2.65 bits per heavy atom. The van der Waals surface area contributed by atoms with Crippen LogP contribution in [0.2, 0.25) is 5.02 Å². The average molecular weight is 369 g/mol. The van der Waals surface area contributed by atoms with E-state index in [2.05, 4.69) is 24.1 Å². The maximum Gasteiger partial charge on any atom is 0.220 e. The smallest absolute Gasteiger partial charge is 0.220 e. The molecule has 1 heterocycles. The molecule has 1 amide bonds. The van der Waals surface area contributed by atoms with E-state index in [1.54, 1.807) is 0 Å². The highest BCUT2D eigenvalue weighted by Gasteiger charge is 2.20. The summed E-state index contributed by atoms with van der Waals surface area (Å²) >= 11 is 6.19. The van der Waals surface area contributed by atoms with Gasteiger partial charge in [0.1, 0.15) is 0 Å². The van der Waals surface area contributed by atoms with E-state index in [4.69, 9.17) is 11.6 Å². The van der Waals surface area contributed by atoms with Gasteiger partial charge < -0.3 is 10.3 Å². The Morgan fingerprint density at radius 1 is 1.15 bits per heavy atom. The van der Waals surface area contributed by atoms with Gasteiger partial charge in [0, 0.05) is 35.1 Å². The fourth-order valence-electron chi connectivity index (χ4n) is 3.43. The quantitative estimate of drug-likeness (QED) is 0.555. The standard InChI is InChI=1S/C22H25ClN2O/c1-15(2)10-17(11-22(26)25-13-16-6-4-3-5-7-16)20-14-24-21-9-8-18(23)12-19(20)21/h3-9,12,14-15,17,24H,10-11,13H2,1-2H3,(H,25,26)/t17-/m0/s1. The normalized spacial score (nSPS) is 12.5. The van der Waals surface area contributed by atoms with E-state index in [0.29, 0.717) is 18.9 Å². The Morgan fingerprint density at radius 2 is 1.92 bits per heavy atom. The summed E-state index contributed by atoms with van der Waals surface area (Å²) in [6.45, 7) is 4.95. The first-order valence-corrected chi connectivity index (χ1v) is 9.48. The molecule has 0 bridgehead atoms. The lowest BCUT2D eigenvalue weighted by Crippen LogP contribution is -2.25. The number of carbonyl (C=O) groups is 1. The molecule has 0 aliphatic carbocycles. The number of rotatable bonds is 7. The van der Waals surface area contributed by atoms with Crippen molar-refractivity contribution in [2.75, 3.05) is 0 Å². The molecule has 3 rings (SSSR count). The fourth-order valence-corrected chi connectivity index (χ4v) is 3.61. The van der Waals surface area contributed by atoms with E-state index in [1.807, 2.05) is 54.7 Å². The Balaban J connectivity index is 1.75. The van der Waals surface area contributed by atoms with Crippen LogP contribution in [0.1, 0.15) is 43.7 Å². The summed E-state index contributed by atoms with van der Waals surface area (Å²) in [7, 11) is 0. The van der Waals surface area contributed by atoms with Crippen molar-refractivity contribution in [3.8, 4) is 0 Å². The fraction of sp³-hybridized carbons (Fsp3) is 0.318. The predicted molar refractivity (Wildman–Crippen MR) is 108 cm³/mol. The second-order valence-electron chi connectivity index (χ2n) is 7.23. The van der Waals surface area contributed by atoms with Crippen LogP contribution in [0, 0.1) is 5.92 Å².